The average molecular weight is 138 g/mol. The lowest BCUT2D eigenvalue weighted by molar-refractivity contribution is 0.423. The van der Waals surface area contributed by atoms with Gasteiger partial charge in [-0.3, -0.25) is 0 Å². The van der Waals surface area contributed by atoms with E-state index in [4.69, 9.17) is 0 Å². The van der Waals surface area contributed by atoms with E-state index in [1.165, 1.54) is 38.5 Å². The molecule has 0 heteroatoms. The highest BCUT2D eigenvalue weighted by atomic mass is 14.1. The predicted octanol–water partition coefficient (Wildman–Crippen LogP) is 3.53. The molecule has 0 heterocycles. The molecule has 0 N–H and O–H groups in total. The molecule has 0 bridgehead atoms. The van der Waals surface area contributed by atoms with Crippen molar-refractivity contribution in [3.63, 3.8) is 0 Å². The van der Waals surface area contributed by atoms with Gasteiger partial charge in [0.05, 0.1) is 0 Å². The molecule has 0 fully saturated rings. The molecule has 1 atom stereocenters. The summed E-state index contributed by atoms with van der Waals surface area (Å²) in [5.41, 5.74) is 0. The van der Waals surface area contributed by atoms with Crippen LogP contribution in [0.25, 0.3) is 0 Å². The Morgan fingerprint density at radius 2 is 2.00 bits per heavy atom. The van der Waals surface area contributed by atoms with Crippen LogP contribution in [0.1, 0.15) is 45.4 Å². The third kappa shape index (κ3) is 2.55. The van der Waals surface area contributed by atoms with Crippen molar-refractivity contribution in [1.82, 2.24) is 0 Å². The molecular weight excluding hydrogens is 120 g/mol. The summed E-state index contributed by atoms with van der Waals surface area (Å²) >= 11 is 0. The van der Waals surface area contributed by atoms with Crippen molar-refractivity contribution < 1.29 is 0 Å². The Labute approximate surface area is 64.3 Å². The zero-order valence-corrected chi connectivity index (χ0v) is 6.97. The molecule has 0 nitrogen and oxygen atoms in total. The van der Waals surface area contributed by atoms with Gasteiger partial charge >= 0.3 is 0 Å². The smallest absolute Gasteiger partial charge is 0.0348 e. The highest BCUT2D eigenvalue weighted by Gasteiger charge is 2.05. The van der Waals surface area contributed by atoms with E-state index in [1.807, 2.05) is 0 Å². The molecule has 0 aliphatic heterocycles. The molecular formula is C10H18. The van der Waals surface area contributed by atoms with Crippen LogP contribution in [0.3, 0.4) is 0 Å². The topological polar surface area (TPSA) is 0 Å². The molecule has 0 saturated carbocycles. The standard InChI is InChI=1S/C10H18/c1-2-10-8-6-4-3-5-7-9-10/h3-4,10H,2,5-9H2,1H3. The molecule has 10 heavy (non-hydrogen) atoms. The van der Waals surface area contributed by atoms with Gasteiger partial charge in [0.1, 0.15) is 0 Å². The van der Waals surface area contributed by atoms with E-state index in [0.29, 0.717) is 0 Å². The summed E-state index contributed by atoms with van der Waals surface area (Å²) in [4.78, 5) is 0. The fourth-order valence-electron chi connectivity index (χ4n) is 1.64. The lowest BCUT2D eigenvalue weighted by Gasteiger charge is -2.14. The zero-order valence-electron chi connectivity index (χ0n) is 6.97. The Bertz CT molecular complexity index is 103. The summed E-state index contributed by atoms with van der Waals surface area (Å²) < 4.78 is 0. The second kappa shape index (κ2) is 4.54. The molecule has 1 rings (SSSR count). The van der Waals surface area contributed by atoms with Crippen LogP contribution in [0.5, 0.6) is 0 Å². The first-order valence-electron chi connectivity index (χ1n) is 4.58. The van der Waals surface area contributed by atoms with Gasteiger partial charge in [0.2, 0.25) is 0 Å². The largest absolute Gasteiger partial charge is 0.0885 e. The third-order valence-electron chi connectivity index (χ3n) is 2.47. The molecule has 0 spiro atoms. The lowest BCUT2D eigenvalue weighted by Crippen LogP contribution is -1.99. The van der Waals surface area contributed by atoms with Crippen molar-refractivity contribution in [1.29, 1.82) is 0 Å². The van der Waals surface area contributed by atoms with Gasteiger partial charge in [-0.05, 0) is 31.6 Å². The molecule has 0 saturated heterocycles. The Morgan fingerprint density at radius 3 is 2.80 bits per heavy atom. The number of hydrogen-bond donors (Lipinski definition) is 0. The lowest BCUT2D eigenvalue weighted by atomic mass is 9.92. The Kier molecular flexibility index (Phi) is 3.56. The van der Waals surface area contributed by atoms with Crippen LogP contribution in [0.2, 0.25) is 0 Å². The van der Waals surface area contributed by atoms with Gasteiger partial charge in [0, 0.05) is 0 Å². The summed E-state index contributed by atoms with van der Waals surface area (Å²) in [6.07, 6.45) is 13.0. The second-order valence-electron chi connectivity index (χ2n) is 3.25. The van der Waals surface area contributed by atoms with Crippen molar-refractivity contribution in [3.05, 3.63) is 12.2 Å². The monoisotopic (exact) mass is 138 g/mol. The van der Waals surface area contributed by atoms with Crippen molar-refractivity contribution in [2.24, 2.45) is 5.92 Å². The first kappa shape index (κ1) is 7.84. The van der Waals surface area contributed by atoms with Crippen molar-refractivity contribution in [3.8, 4) is 0 Å². The Balaban J connectivity index is 2.27. The molecule has 0 aromatic rings. The first-order chi connectivity index (χ1) is 4.93. The molecule has 0 radical (unpaired) electrons. The van der Waals surface area contributed by atoms with Crippen LogP contribution < -0.4 is 0 Å². The van der Waals surface area contributed by atoms with Crippen LogP contribution in [0, 0.1) is 5.92 Å². The minimum Gasteiger partial charge on any atom is -0.0885 e. The quantitative estimate of drug-likeness (QED) is 0.486. The maximum absolute atomic E-state index is 2.35. The van der Waals surface area contributed by atoms with Crippen molar-refractivity contribution in [2.75, 3.05) is 0 Å². The molecule has 1 aliphatic carbocycles. The normalized spacial score (nSPS) is 27.5. The highest BCUT2D eigenvalue weighted by molar-refractivity contribution is 4.84. The summed E-state index contributed by atoms with van der Waals surface area (Å²) in [6, 6.07) is 0. The van der Waals surface area contributed by atoms with Gasteiger partial charge in [-0.15, -0.1) is 0 Å². The van der Waals surface area contributed by atoms with Gasteiger partial charge in [-0.25, -0.2) is 0 Å². The zero-order chi connectivity index (χ0) is 7.23. The van der Waals surface area contributed by atoms with Crippen LogP contribution in [-0.2, 0) is 0 Å². The average Bonchev–Trinajstić information content (AvgIpc) is 1.87. The fraction of sp³-hybridized carbons (Fsp3) is 0.800. The van der Waals surface area contributed by atoms with Crippen LogP contribution in [0.15, 0.2) is 12.2 Å². The maximum Gasteiger partial charge on any atom is -0.0348 e. The van der Waals surface area contributed by atoms with E-state index in [9.17, 15) is 0 Å². The fourth-order valence-corrected chi connectivity index (χ4v) is 1.64. The number of hydrogen-bond acceptors (Lipinski definition) is 0. The highest BCUT2D eigenvalue weighted by Crippen LogP contribution is 2.20. The van der Waals surface area contributed by atoms with E-state index in [1.54, 1.807) is 0 Å². The summed E-state index contributed by atoms with van der Waals surface area (Å²) in [5.74, 6) is 1.02. The van der Waals surface area contributed by atoms with E-state index >= 15 is 0 Å². The number of rotatable bonds is 1. The third-order valence-corrected chi connectivity index (χ3v) is 2.47. The van der Waals surface area contributed by atoms with E-state index in [2.05, 4.69) is 19.1 Å². The van der Waals surface area contributed by atoms with Gasteiger partial charge in [0.25, 0.3) is 0 Å². The first-order valence-corrected chi connectivity index (χ1v) is 4.58. The number of allylic oxidation sites excluding steroid dienone is 2. The summed E-state index contributed by atoms with van der Waals surface area (Å²) in [5, 5.41) is 0. The maximum atomic E-state index is 2.35. The second-order valence-corrected chi connectivity index (χ2v) is 3.25. The SMILES string of the molecule is CCC1CCC=CCCC1. The molecule has 0 amide bonds. The molecule has 0 aromatic carbocycles. The van der Waals surface area contributed by atoms with Gasteiger partial charge in [-0.1, -0.05) is 31.9 Å². The Morgan fingerprint density at radius 1 is 1.20 bits per heavy atom. The minimum atomic E-state index is 1.02. The van der Waals surface area contributed by atoms with Crippen molar-refractivity contribution in [2.45, 2.75) is 45.4 Å². The summed E-state index contributed by atoms with van der Waals surface area (Å²) in [6.45, 7) is 2.32. The molecule has 1 unspecified atom stereocenters. The molecule has 1 aliphatic rings. The van der Waals surface area contributed by atoms with Gasteiger partial charge in [0.15, 0.2) is 0 Å². The predicted molar refractivity (Wildman–Crippen MR) is 46.0 cm³/mol. The summed E-state index contributed by atoms with van der Waals surface area (Å²) in [7, 11) is 0. The van der Waals surface area contributed by atoms with Gasteiger partial charge in [-0.2, -0.15) is 0 Å². The van der Waals surface area contributed by atoms with E-state index < -0.39 is 0 Å². The van der Waals surface area contributed by atoms with Crippen LogP contribution in [-0.4, -0.2) is 0 Å². The molecule has 0 aromatic heterocycles. The molecule has 58 valence electrons. The minimum absolute atomic E-state index is 1.02. The van der Waals surface area contributed by atoms with Crippen LogP contribution >= 0.6 is 0 Å². The van der Waals surface area contributed by atoms with E-state index in [0.717, 1.165) is 5.92 Å². The van der Waals surface area contributed by atoms with Crippen LogP contribution in [0.4, 0.5) is 0 Å². The Hall–Kier alpha value is -0.260. The van der Waals surface area contributed by atoms with Gasteiger partial charge < -0.3 is 0 Å². The van der Waals surface area contributed by atoms with Crippen molar-refractivity contribution >= 4 is 0 Å². The van der Waals surface area contributed by atoms with E-state index in [-0.39, 0.29) is 0 Å².